The predicted molar refractivity (Wildman–Crippen MR) is 131 cm³/mol. The van der Waals surface area contributed by atoms with Crippen LogP contribution in [0.2, 0.25) is 0 Å². The molecule has 3 rings (SSSR count). The van der Waals surface area contributed by atoms with E-state index in [1.165, 1.54) is 10.9 Å². The highest BCUT2D eigenvalue weighted by Crippen LogP contribution is 2.22. The quantitative estimate of drug-likeness (QED) is 0.315. The van der Waals surface area contributed by atoms with Crippen LogP contribution in [0.3, 0.4) is 0 Å². The van der Waals surface area contributed by atoms with Gasteiger partial charge >= 0.3 is 0 Å². The number of aryl methyl sites for hydroxylation is 2. The molecule has 1 aliphatic heterocycles. The lowest BCUT2D eigenvalue weighted by molar-refractivity contribution is 0.0169. The van der Waals surface area contributed by atoms with Gasteiger partial charge in [0.25, 0.3) is 0 Å². The Balaban J connectivity index is 0.00000320. The summed E-state index contributed by atoms with van der Waals surface area (Å²) in [6.45, 7) is 11.1. The Labute approximate surface area is 199 Å². The molecular weight excluding hydrogens is 516 g/mol. The maximum Gasteiger partial charge on any atom is 0.191 e. The second kappa shape index (κ2) is 12.5. The summed E-state index contributed by atoms with van der Waals surface area (Å²) < 4.78 is 19.4. The monoisotopic (exact) mass is 547 g/mol. The van der Waals surface area contributed by atoms with Crippen LogP contribution in [0.5, 0.6) is 0 Å². The van der Waals surface area contributed by atoms with E-state index in [2.05, 4.69) is 20.5 Å². The van der Waals surface area contributed by atoms with Crippen molar-refractivity contribution in [1.82, 2.24) is 20.5 Å². The Morgan fingerprint density at radius 1 is 1.30 bits per heavy atom. The van der Waals surface area contributed by atoms with Crippen LogP contribution in [0.15, 0.2) is 29.3 Å². The van der Waals surface area contributed by atoms with Crippen LogP contribution in [0.4, 0.5) is 4.39 Å². The topological polar surface area (TPSA) is 61.8 Å². The van der Waals surface area contributed by atoms with Gasteiger partial charge in [0, 0.05) is 31.1 Å². The van der Waals surface area contributed by atoms with Gasteiger partial charge in [0.2, 0.25) is 0 Å². The molecule has 1 aromatic heterocycles. The summed E-state index contributed by atoms with van der Waals surface area (Å²) in [5, 5.41) is 7.82. The average Bonchev–Trinajstić information content (AvgIpc) is 3.04. The maximum absolute atomic E-state index is 13.9. The van der Waals surface area contributed by atoms with Crippen LogP contribution in [0.1, 0.15) is 34.1 Å². The Kier molecular flexibility index (Phi) is 10.4. The number of aliphatic imine (C=N–C) groups is 1. The van der Waals surface area contributed by atoms with Crippen molar-refractivity contribution < 1.29 is 9.13 Å². The molecule has 2 heterocycles. The van der Waals surface area contributed by atoms with Crippen LogP contribution < -0.4 is 10.6 Å². The van der Waals surface area contributed by atoms with Crippen LogP contribution in [-0.2, 0) is 11.3 Å². The Morgan fingerprint density at radius 2 is 2.07 bits per heavy atom. The van der Waals surface area contributed by atoms with E-state index in [4.69, 9.17) is 9.73 Å². The van der Waals surface area contributed by atoms with Gasteiger partial charge < -0.3 is 15.4 Å². The smallest absolute Gasteiger partial charge is 0.191 e. The molecule has 0 saturated carbocycles. The highest BCUT2D eigenvalue weighted by Gasteiger charge is 2.23. The molecule has 2 N–H and O–H groups in total. The first-order valence-electron chi connectivity index (χ1n) is 10.1. The first-order chi connectivity index (χ1) is 14.1. The highest BCUT2D eigenvalue weighted by atomic mass is 127. The lowest BCUT2D eigenvalue weighted by Gasteiger charge is -2.35. The minimum absolute atomic E-state index is 0. The zero-order valence-electron chi connectivity index (χ0n) is 17.8. The number of nitrogens with zero attached hydrogens (tertiary/aromatic N) is 3. The Morgan fingerprint density at radius 3 is 2.70 bits per heavy atom. The van der Waals surface area contributed by atoms with Crippen molar-refractivity contribution in [2.45, 2.75) is 33.4 Å². The van der Waals surface area contributed by atoms with Gasteiger partial charge in [0.05, 0.1) is 36.5 Å². The third kappa shape index (κ3) is 7.14. The second-order valence-electron chi connectivity index (χ2n) is 7.04. The number of morpholine rings is 1. The van der Waals surface area contributed by atoms with Crippen molar-refractivity contribution in [1.29, 1.82) is 0 Å². The molecule has 1 atom stereocenters. The summed E-state index contributed by atoms with van der Waals surface area (Å²) in [4.78, 5) is 12.7. The zero-order valence-corrected chi connectivity index (χ0v) is 20.9. The number of halogens is 2. The lowest BCUT2D eigenvalue weighted by Crippen LogP contribution is -2.46. The van der Waals surface area contributed by atoms with Crippen LogP contribution in [0, 0.1) is 19.7 Å². The minimum Gasteiger partial charge on any atom is -0.379 e. The number of rotatable bonds is 7. The fraction of sp³-hybridized carbons (Fsp3) is 0.524. The van der Waals surface area contributed by atoms with Crippen molar-refractivity contribution in [3.63, 3.8) is 0 Å². The molecule has 166 valence electrons. The van der Waals surface area contributed by atoms with Crippen LogP contribution in [0.25, 0.3) is 0 Å². The molecule has 0 spiro atoms. The third-order valence-electron chi connectivity index (χ3n) is 4.91. The van der Waals surface area contributed by atoms with E-state index < -0.39 is 0 Å². The Hall–Kier alpha value is -1.30. The zero-order chi connectivity index (χ0) is 20.6. The number of ether oxygens (including phenoxy) is 1. The molecule has 1 saturated heterocycles. The van der Waals surface area contributed by atoms with E-state index in [0.29, 0.717) is 26.3 Å². The number of thiazole rings is 1. The van der Waals surface area contributed by atoms with E-state index in [0.717, 1.165) is 41.9 Å². The van der Waals surface area contributed by atoms with Crippen LogP contribution in [-0.4, -0.2) is 55.2 Å². The molecule has 1 aliphatic rings. The first kappa shape index (κ1) is 25.0. The molecule has 1 unspecified atom stereocenters. The molecule has 30 heavy (non-hydrogen) atoms. The number of hydrogen-bond acceptors (Lipinski definition) is 5. The van der Waals surface area contributed by atoms with Gasteiger partial charge in [-0.05, 0) is 38.5 Å². The molecule has 1 fully saturated rings. The molecule has 0 amide bonds. The van der Waals surface area contributed by atoms with Gasteiger partial charge in [0.15, 0.2) is 5.96 Å². The van der Waals surface area contributed by atoms with Gasteiger partial charge in [0.1, 0.15) is 5.82 Å². The van der Waals surface area contributed by atoms with E-state index in [1.807, 2.05) is 26.8 Å². The number of benzene rings is 1. The van der Waals surface area contributed by atoms with Gasteiger partial charge in [-0.1, -0.05) is 12.1 Å². The predicted octanol–water partition coefficient (Wildman–Crippen LogP) is 3.65. The van der Waals surface area contributed by atoms with Gasteiger partial charge in [-0.3, -0.25) is 4.90 Å². The fourth-order valence-electron chi connectivity index (χ4n) is 3.47. The van der Waals surface area contributed by atoms with Crippen molar-refractivity contribution in [3.8, 4) is 0 Å². The third-order valence-corrected chi connectivity index (χ3v) is 5.96. The molecule has 9 heteroatoms. The van der Waals surface area contributed by atoms with Gasteiger partial charge in [-0.15, -0.1) is 35.3 Å². The SMILES string of the molecule is CCNC(=NCc1sc(C)nc1C)NCC(c1cccc(F)c1)N1CCOCC1.I. The van der Waals surface area contributed by atoms with E-state index in [-0.39, 0.29) is 35.8 Å². The lowest BCUT2D eigenvalue weighted by atomic mass is 10.0. The second-order valence-corrected chi connectivity index (χ2v) is 8.32. The highest BCUT2D eigenvalue weighted by molar-refractivity contribution is 14.0. The van der Waals surface area contributed by atoms with E-state index >= 15 is 0 Å². The van der Waals surface area contributed by atoms with Crippen molar-refractivity contribution in [3.05, 3.63) is 51.2 Å². The molecule has 0 aliphatic carbocycles. The number of hydrogen-bond donors (Lipinski definition) is 2. The molecule has 0 radical (unpaired) electrons. The standard InChI is InChI=1S/C21H30FN5OS.HI/c1-4-23-21(25-14-20-15(2)26-16(3)29-20)24-13-19(27-8-10-28-11-9-27)17-6-5-7-18(22)12-17;/h5-7,12,19H,4,8-11,13-14H2,1-3H3,(H2,23,24,25);1H. The molecule has 6 nitrogen and oxygen atoms in total. The number of nitrogens with one attached hydrogen (secondary N) is 2. The normalized spacial score (nSPS) is 16.1. The molecule has 2 aromatic rings. The Bertz CT molecular complexity index is 825. The van der Waals surface area contributed by atoms with Gasteiger partial charge in [-0.25, -0.2) is 14.4 Å². The summed E-state index contributed by atoms with van der Waals surface area (Å²) in [7, 11) is 0. The minimum atomic E-state index is -0.211. The van der Waals surface area contributed by atoms with Crippen molar-refractivity contribution >= 4 is 41.3 Å². The summed E-state index contributed by atoms with van der Waals surface area (Å²) in [5.41, 5.74) is 2.00. The summed E-state index contributed by atoms with van der Waals surface area (Å²) in [5.74, 6) is 0.546. The van der Waals surface area contributed by atoms with Crippen molar-refractivity contribution in [2.75, 3.05) is 39.4 Å². The maximum atomic E-state index is 13.9. The van der Waals surface area contributed by atoms with Crippen LogP contribution >= 0.6 is 35.3 Å². The summed E-state index contributed by atoms with van der Waals surface area (Å²) in [6.07, 6.45) is 0. The number of aromatic nitrogens is 1. The molecule has 1 aromatic carbocycles. The largest absolute Gasteiger partial charge is 0.379 e. The first-order valence-corrected chi connectivity index (χ1v) is 10.9. The van der Waals surface area contributed by atoms with E-state index in [1.54, 1.807) is 23.5 Å². The summed E-state index contributed by atoms with van der Waals surface area (Å²) in [6, 6.07) is 6.91. The summed E-state index contributed by atoms with van der Waals surface area (Å²) >= 11 is 1.68. The average molecular weight is 547 g/mol. The fourth-order valence-corrected chi connectivity index (χ4v) is 4.33. The molecular formula is C21H31FIN5OS. The van der Waals surface area contributed by atoms with E-state index in [9.17, 15) is 4.39 Å². The van der Waals surface area contributed by atoms with Gasteiger partial charge in [-0.2, -0.15) is 0 Å². The van der Waals surface area contributed by atoms with Crippen molar-refractivity contribution in [2.24, 2.45) is 4.99 Å². The molecule has 0 bridgehead atoms. The number of guanidine groups is 1.